The second kappa shape index (κ2) is 8.06. The number of benzene rings is 2. The number of anilines is 1. The van der Waals surface area contributed by atoms with Gasteiger partial charge in [-0.15, -0.1) is 4.31 Å². The predicted molar refractivity (Wildman–Crippen MR) is 122 cm³/mol. The quantitative estimate of drug-likeness (QED) is 0.486. The third-order valence-corrected chi connectivity index (χ3v) is 6.79. The van der Waals surface area contributed by atoms with E-state index in [2.05, 4.69) is 41.5 Å². The molecule has 0 fully saturated rings. The van der Waals surface area contributed by atoms with Crippen LogP contribution < -0.4 is 5.32 Å². The monoisotopic (exact) mass is 407 g/mol. The maximum Gasteiger partial charge on any atom is 0.152 e. The van der Waals surface area contributed by atoms with E-state index >= 15 is 0 Å². The van der Waals surface area contributed by atoms with Crippen LogP contribution in [0, 0.1) is 6.92 Å². The Labute approximate surface area is 174 Å². The Morgan fingerprint density at radius 3 is 2.72 bits per heavy atom. The first-order valence-corrected chi connectivity index (χ1v) is 11.2. The lowest BCUT2D eigenvalue weighted by atomic mass is 9.94. The highest BCUT2D eigenvalue weighted by Crippen LogP contribution is 2.37. The summed E-state index contributed by atoms with van der Waals surface area (Å²) in [4.78, 5) is 15.1. The summed E-state index contributed by atoms with van der Waals surface area (Å²) in [5.74, 6) is 0. The van der Waals surface area contributed by atoms with Gasteiger partial charge in [0, 0.05) is 47.3 Å². The lowest BCUT2D eigenvalue weighted by molar-refractivity contribution is 0.112. The molecule has 1 unspecified atom stereocenters. The molecule has 2 aromatic carbocycles. The molecule has 150 valence electrons. The van der Waals surface area contributed by atoms with Crippen molar-refractivity contribution in [2.24, 2.45) is 0 Å². The van der Waals surface area contributed by atoms with E-state index in [9.17, 15) is 9.35 Å². The van der Waals surface area contributed by atoms with E-state index in [0.29, 0.717) is 12.1 Å². The number of aromatic nitrogens is 1. The van der Waals surface area contributed by atoms with Crippen LogP contribution in [0.25, 0.3) is 27.6 Å². The Hall–Kier alpha value is -2.54. The molecule has 1 atom stereocenters. The number of rotatable bonds is 5. The van der Waals surface area contributed by atoms with E-state index < -0.39 is 11.4 Å². The highest BCUT2D eigenvalue weighted by Gasteiger charge is 2.21. The van der Waals surface area contributed by atoms with Gasteiger partial charge in [-0.3, -0.25) is 4.79 Å². The van der Waals surface area contributed by atoms with Crippen molar-refractivity contribution in [1.82, 2.24) is 9.29 Å². The van der Waals surface area contributed by atoms with Crippen LogP contribution in [0.5, 0.6) is 0 Å². The summed E-state index contributed by atoms with van der Waals surface area (Å²) in [6, 6.07) is 12.3. The zero-order chi connectivity index (χ0) is 20.5. The molecule has 3 aromatic rings. The van der Waals surface area contributed by atoms with E-state index in [1.54, 1.807) is 6.26 Å². The fourth-order valence-electron chi connectivity index (χ4n) is 4.07. The molecule has 0 bridgehead atoms. The SMILES string of the molecule is CNc1cccc(-c2ccc(C=O)c3[nH]c(C4=CCN([S+](C)[O-])CC4)cc23)c1C. The zero-order valence-electron chi connectivity index (χ0n) is 16.9. The van der Waals surface area contributed by atoms with Gasteiger partial charge in [0.05, 0.1) is 12.1 Å². The molecular formula is C23H25N3O2S. The molecule has 2 N–H and O–H groups in total. The molecular weight excluding hydrogens is 382 g/mol. The summed E-state index contributed by atoms with van der Waals surface area (Å²) in [6.07, 6.45) is 5.57. The standard InChI is InChI=1S/C23H25N3O2S/c1-15-18(5-4-6-21(15)24-2)19-8-7-17(14-27)23-20(19)13-22(25-23)16-9-11-26(12-10-16)29(3)28/h4-9,13-14,24-25H,10-12H2,1-3H3. The molecule has 4 rings (SSSR count). The van der Waals surface area contributed by atoms with Crippen LogP contribution in [0.1, 0.15) is 28.0 Å². The van der Waals surface area contributed by atoms with E-state index in [-0.39, 0.29) is 0 Å². The van der Waals surface area contributed by atoms with Crippen molar-refractivity contribution in [3.05, 3.63) is 59.3 Å². The third-order valence-electron chi connectivity index (χ3n) is 5.73. The van der Waals surface area contributed by atoms with Gasteiger partial charge in [-0.05, 0) is 53.8 Å². The fraction of sp³-hybridized carbons (Fsp3) is 0.261. The average molecular weight is 408 g/mol. The number of hydrogen-bond acceptors (Lipinski definition) is 4. The van der Waals surface area contributed by atoms with Crippen molar-refractivity contribution in [3.63, 3.8) is 0 Å². The van der Waals surface area contributed by atoms with Gasteiger partial charge in [0.2, 0.25) is 0 Å². The van der Waals surface area contributed by atoms with Gasteiger partial charge in [-0.25, -0.2) is 0 Å². The predicted octanol–water partition coefficient (Wildman–Crippen LogP) is 4.38. The number of carbonyl (C=O) groups is 1. The number of carbonyl (C=O) groups excluding carboxylic acids is 1. The lowest BCUT2D eigenvalue weighted by Crippen LogP contribution is -2.33. The summed E-state index contributed by atoms with van der Waals surface area (Å²) in [6.45, 7) is 3.54. The first-order valence-electron chi connectivity index (χ1n) is 9.70. The topological polar surface area (TPSA) is 71.2 Å². The van der Waals surface area contributed by atoms with Crippen molar-refractivity contribution in [3.8, 4) is 11.1 Å². The lowest BCUT2D eigenvalue weighted by Gasteiger charge is -2.24. The molecule has 5 nitrogen and oxygen atoms in total. The van der Waals surface area contributed by atoms with Crippen LogP contribution in [0.15, 0.2) is 42.5 Å². The molecule has 2 heterocycles. The zero-order valence-corrected chi connectivity index (χ0v) is 17.7. The van der Waals surface area contributed by atoms with Gasteiger partial charge in [0.1, 0.15) is 6.26 Å². The van der Waals surface area contributed by atoms with Gasteiger partial charge in [0.25, 0.3) is 0 Å². The molecule has 29 heavy (non-hydrogen) atoms. The molecule has 1 aliphatic rings. The Kier molecular flexibility index (Phi) is 5.50. The second-order valence-corrected chi connectivity index (χ2v) is 8.68. The Bertz CT molecular complexity index is 1100. The largest absolute Gasteiger partial charge is 0.598 e. The first-order chi connectivity index (χ1) is 14.0. The summed E-state index contributed by atoms with van der Waals surface area (Å²) in [7, 11) is 1.92. The van der Waals surface area contributed by atoms with Crippen molar-refractivity contribution in [2.45, 2.75) is 13.3 Å². The molecule has 1 aromatic heterocycles. The van der Waals surface area contributed by atoms with Gasteiger partial charge in [-0.1, -0.05) is 24.3 Å². The van der Waals surface area contributed by atoms with Gasteiger partial charge < -0.3 is 14.9 Å². The Morgan fingerprint density at radius 2 is 2.07 bits per heavy atom. The van der Waals surface area contributed by atoms with Gasteiger partial charge in [0.15, 0.2) is 6.29 Å². The van der Waals surface area contributed by atoms with Gasteiger partial charge in [-0.2, -0.15) is 0 Å². The van der Waals surface area contributed by atoms with E-state index in [4.69, 9.17) is 0 Å². The number of nitrogens with zero attached hydrogens (tertiary/aromatic N) is 1. The van der Waals surface area contributed by atoms with Crippen LogP contribution >= 0.6 is 0 Å². The highest BCUT2D eigenvalue weighted by atomic mass is 32.2. The molecule has 6 heteroatoms. The molecule has 1 aliphatic heterocycles. The highest BCUT2D eigenvalue weighted by molar-refractivity contribution is 7.88. The van der Waals surface area contributed by atoms with Crippen molar-refractivity contribution >= 4 is 39.8 Å². The van der Waals surface area contributed by atoms with E-state index in [1.807, 2.05) is 29.6 Å². The Balaban J connectivity index is 1.84. The summed E-state index contributed by atoms with van der Waals surface area (Å²) < 4.78 is 13.7. The first kappa shape index (κ1) is 19.8. The third kappa shape index (κ3) is 3.59. The van der Waals surface area contributed by atoms with Crippen LogP contribution in [0.4, 0.5) is 5.69 Å². The number of H-pyrrole nitrogens is 1. The molecule has 0 aliphatic carbocycles. The van der Waals surface area contributed by atoms with Crippen LogP contribution in [0.2, 0.25) is 0 Å². The molecule has 0 radical (unpaired) electrons. The minimum absolute atomic E-state index is 0.658. The number of nitrogens with one attached hydrogen (secondary N) is 2. The Morgan fingerprint density at radius 1 is 1.24 bits per heavy atom. The number of fused-ring (bicyclic) bond motifs is 1. The summed E-state index contributed by atoms with van der Waals surface area (Å²) in [5.41, 5.74) is 8.27. The molecule has 0 spiro atoms. The maximum absolute atomic E-state index is 11.7. The number of hydrogen-bond donors (Lipinski definition) is 2. The van der Waals surface area contributed by atoms with Gasteiger partial charge >= 0.3 is 0 Å². The molecule has 0 saturated carbocycles. The maximum atomic E-state index is 11.7. The summed E-state index contributed by atoms with van der Waals surface area (Å²) >= 11 is -0.951. The van der Waals surface area contributed by atoms with Crippen LogP contribution in [0.3, 0.4) is 0 Å². The normalized spacial score (nSPS) is 15.9. The van der Waals surface area contributed by atoms with Crippen molar-refractivity contribution in [1.29, 1.82) is 0 Å². The fourth-order valence-corrected chi connectivity index (χ4v) is 4.71. The second-order valence-electron chi connectivity index (χ2n) is 7.31. The molecule has 0 amide bonds. The van der Waals surface area contributed by atoms with E-state index in [0.717, 1.165) is 52.7 Å². The number of aromatic amines is 1. The smallest absolute Gasteiger partial charge is 0.152 e. The average Bonchev–Trinajstić information content (AvgIpc) is 3.19. The molecule has 0 saturated heterocycles. The minimum Gasteiger partial charge on any atom is -0.598 e. The minimum atomic E-state index is -0.951. The van der Waals surface area contributed by atoms with Crippen LogP contribution in [-0.2, 0) is 11.4 Å². The van der Waals surface area contributed by atoms with Crippen molar-refractivity contribution < 1.29 is 9.35 Å². The van der Waals surface area contributed by atoms with E-state index in [1.165, 1.54) is 11.1 Å². The van der Waals surface area contributed by atoms with Crippen molar-refractivity contribution in [2.75, 3.05) is 31.7 Å². The van der Waals surface area contributed by atoms with Crippen LogP contribution in [-0.4, -0.2) is 46.5 Å². The number of aldehydes is 1. The summed E-state index contributed by atoms with van der Waals surface area (Å²) in [5, 5.41) is 4.29.